The second kappa shape index (κ2) is 8.93. The Morgan fingerprint density at radius 1 is 0.909 bits per heavy atom. The van der Waals surface area contributed by atoms with E-state index in [-0.39, 0.29) is 5.69 Å². The van der Waals surface area contributed by atoms with Gasteiger partial charge in [-0.3, -0.25) is 9.36 Å². The predicted octanol–water partition coefficient (Wildman–Crippen LogP) is 6.55. The van der Waals surface area contributed by atoms with Gasteiger partial charge in [-0.2, -0.15) is 0 Å². The molecule has 1 amide bonds. The minimum Gasteiger partial charge on any atom is -0.496 e. The Morgan fingerprint density at radius 3 is 2.24 bits per heavy atom. The van der Waals surface area contributed by atoms with Crippen molar-refractivity contribution in [3.8, 4) is 34.1 Å². The third-order valence-electron chi connectivity index (χ3n) is 5.70. The predicted molar refractivity (Wildman–Crippen MR) is 134 cm³/mol. The summed E-state index contributed by atoms with van der Waals surface area (Å²) >= 11 is 12.7. The van der Waals surface area contributed by atoms with Crippen LogP contribution in [0, 0.1) is 20.8 Å². The highest BCUT2D eigenvalue weighted by atomic mass is 35.5. The summed E-state index contributed by atoms with van der Waals surface area (Å²) in [5.74, 6) is 0.444. The monoisotopic (exact) mass is 479 g/mol. The summed E-state index contributed by atoms with van der Waals surface area (Å²) in [7, 11) is 1.56. The number of carbonyl (C=O) groups is 1. The van der Waals surface area contributed by atoms with Crippen molar-refractivity contribution in [2.75, 3.05) is 7.11 Å². The number of benzene rings is 3. The van der Waals surface area contributed by atoms with E-state index < -0.39 is 5.91 Å². The summed E-state index contributed by atoms with van der Waals surface area (Å²) in [4.78, 5) is 17.4. The van der Waals surface area contributed by atoms with Crippen molar-refractivity contribution in [1.29, 1.82) is 0 Å². The second-order valence-corrected chi connectivity index (χ2v) is 8.78. The topological polar surface area (TPSA) is 70.1 Å². The smallest absolute Gasteiger partial charge is 0.269 e. The van der Waals surface area contributed by atoms with Gasteiger partial charge in [0.25, 0.3) is 5.91 Å². The van der Waals surface area contributed by atoms with Crippen molar-refractivity contribution in [2.45, 2.75) is 20.8 Å². The number of nitrogens with zero attached hydrogens (tertiary/aromatic N) is 2. The molecule has 4 rings (SSSR count). The van der Waals surface area contributed by atoms with Gasteiger partial charge >= 0.3 is 0 Å². The number of halogens is 2. The van der Waals surface area contributed by atoms with Gasteiger partial charge in [0, 0.05) is 21.2 Å². The number of imidazole rings is 1. The van der Waals surface area contributed by atoms with Crippen molar-refractivity contribution in [3.63, 3.8) is 0 Å². The number of hydrogen-bond acceptors (Lipinski definition) is 3. The molecule has 0 atom stereocenters. The van der Waals surface area contributed by atoms with Crippen molar-refractivity contribution < 1.29 is 9.53 Å². The van der Waals surface area contributed by atoms with E-state index >= 15 is 0 Å². The zero-order valence-corrected chi connectivity index (χ0v) is 20.3. The number of ether oxygens (including phenoxy) is 1. The first-order valence-corrected chi connectivity index (χ1v) is 11.1. The van der Waals surface area contributed by atoms with Crippen LogP contribution in [0.5, 0.6) is 5.75 Å². The highest BCUT2D eigenvalue weighted by Crippen LogP contribution is 2.40. The fourth-order valence-corrected chi connectivity index (χ4v) is 4.18. The van der Waals surface area contributed by atoms with Crippen LogP contribution in [0.25, 0.3) is 28.3 Å². The molecule has 168 valence electrons. The van der Waals surface area contributed by atoms with Gasteiger partial charge < -0.3 is 10.5 Å². The molecule has 2 N–H and O–H groups in total. The summed E-state index contributed by atoms with van der Waals surface area (Å²) < 4.78 is 7.51. The van der Waals surface area contributed by atoms with Crippen molar-refractivity contribution in [2.24, 2.45) is 5.73 Å². The van der Waals surface area contributed by atoms with E-state index in [2.05, 4.69) is 0 Å². The number of methoxy groups -OCH3 is 1. The van der Waals surface area contributed by atoms with Crippen LogP contribution >= 0.6 is 23.2 Å². The van der Waals surface area contributed by atoms with Crippen LogP contribution in [0.2, 0.25) is 10.0 Å². The third-order valence-corrected chi connectivity index (χ3v) is 6.17. The Morgan fingerprint density at radius 2 is 1.58 bits per heavy atom. The molecule has 0 saturated heterocycles. The molecule has 0 fully saturated rings. The third kappa shape index (κ3) is 4.22. The lowest BCUT2D eigenvalue weighted by atomic mass is 10.0. The normalized spacial score (nSPS) is 11.0. The lowest BCUT2D eigenvalue weighted by molar-refractivity contribution is 0.0996. The van der Waals surface area contributed by atoms with Crippen LogP contribution in [-0.2, 0) is 0 Å². The van der Waals surface area contributed by atoms with Crippen LogP contribution in [0.15, 0.2) is 54.6 Å². The molecular weight excluding hydrogens is 457 g/mol. The van der Waals surface area contributed by atoms with Crippen LogP contribution in [-0.4, -0.2) is 22.6 Å². The molecule has 1 aromatic heterocycles. The molecule has 4 aromatic rings. The van der Waals surface area contributed by atoms with Gasteiger partial charge in [0.15, 0.2) is 5.69 Å². The molecule has 0 radical (unpaired) electrons. The maximum Gasteiger partial charge on any atom is 0.269 e. The van der Waals surface area contributed by atoms with Gasteiger partial charge in [-0.25, -0.2) is 4.98 Å². The minimum absolute atomic E-state index is 0.114. The largest absolute Gasteiger partial charge is 0.496 e. The van der Waals surface area contributed by atoms with Crippen molar-refractivity contribution in [1.82, 2.24) is 9.55 Å². The van der Waals surface area contributed by atoms with Gasteiger partial charge in [-0.05, 0) is 73.9 Å². The molecule has 0 saturated carbocycles. The molecule has 3 aromatic carbocycles. The summed E-state index contributed by atoms with van der Waals surface area (Å²) in [6, 6.07) is 16.8. The Hall–Kier alpha value is -3.28. The average Bonchev–Trinajstić information content (AvgIpc) is 3.18. The quantitative estimate of drug-likeness (QED) is 0.352. The molecule has 7 heteroatoms. The molecule has 5 nitrogen and oxygen atoms in total. The van der Waals surface area contributed by atoms with Gasteiger partial charge in [-0.15, -0.1) is 0 Å². The molecule has 0 spiro atoms. The standard InChI is InChI=1S/C26H23Cl2N3O2/c1-14-5-7-17(11-16(14)3)26-30-23(25(29)32)24(20-12-18(27)9-10-22(20)33-4)31(26)21-13-19(28)8-6-15(21)2/h5-13H,1-4H3,(H2,29,32). The number of aryl methyl sites for hydroxylation is 3. The van der Waals surface area contributed by atoms with Gasteiger partial charge in [0.05, 0.1) is 18.5 Å². The van der Waals surface area contributed by atoms with Crippen LogP contribution in [0.1, 0.15) is 27.2 Å². The zero-order chi connectivity index (χ0) is 23.9. The number of primary amides is 1. The summed E-state index contributed by atoms with van der Waals surface area (Å²) in [5.41, 5.74) is 11.8. The molecule has 0 unspecified atom stereocenters. The number of rotatable bonds is 5. The van der Waals surface area contributed by atoms with E-state index in [0.29, 0.717) is 32.9 Å². The second-order valence-electron chi connectivity index (χ2n) is 7.91. The van der Waals surface area contributed by atoms with Gasteiger partial charge in [0.1, 0.15) is 11.6 Å². The number of amides is 1. The zero-order valence-electron chi connectivity index (χ0n) is 18.7. The van der Waals surface area contributed by atoms with E-state index in [1.807, 2.05) is 61.7 Å². The van der Waals surface area contributed by atoms with Gasteiger partial charge in [-0.1, -0.05) is 41.4 Å². The van der Waals surface area contributed by atoms with Crippen molar-refractivity contribution >= 4 is 29.1 Å². The molecular formula is C26H23Cl2N3O2. The molecule has 0 aliphatic carbocycles. The Bertz CT molecular complexity index is 1390. The maximum absolute atomic E-state index is 12.6. The summed E-state index contributed by atoms with van der Waals surface area (Å²) in [6.07, 6.45) is 0. The lowest BCUT2D eigenvalue weighted by Crippen LogP contribution is -2.13. The van der Waals surface area contributed by atoms with Crippen LogP contribution in [0.3, 0.4) is 0 Å². The van der Waals surface area contributed by atoms with E-state index in [4.69, 9.17) is 38.7 Å². The first-order chi connectivity index (χ1) is 15.7. The molecule has 0 aliphatic rings. The summed E-state index contributed by atoms with van der Waals surface area (Å²) in [5, 5.41) is 1.05. The first kappa shape index (κ1) is 22.9. The highest BCUT2D eigenvalue weighted by Gasteiger charge is 2.27. The number of aromatic nitrogens is 2. The average molecular weight is 480 g/mol. The number of carbonyl (C=O) groups excluding carboxylic acids is 1. The van der Waals surface area contributed by atoms with Crippen LogP contribution in [0.4, 0.5) is 0 Å². The Labute approximate surface area is 202 Å². The fraction of sp³-hybridized carbons (Fsp3) is 0.154. The SMILES string of the molecule is COc1ccc(Cl)cc1-c1c(C(N)=O)nc(-c2ccc(C)c(C)c2)n1-c1cc(Cl)ccc1C. The van der Waals surface area contributed by atoms with E-state index in [1.165, 1.54) is 0 Å². The highest BCUT2D eigenvalue weighted by molar-refractivity contribution is 6.31. The Kier molecular flexibility index (Phi) is 6.19. The number of nitrogens with two attached hydrogens (primary N) is 1. The minimum atomic E-state index is -0.657. The molecule has 0 aliphatic heterocycles. The van der Waals surface area contributed by atoms with Crippen molar-refractivity contribution in [3.05, 3.63) is 87.0 Å². The van der Waals surface area contributed by atoms with E-state index in [0.717, 1.165) is 27.9 Å². The molecule has 1 heterocycles. The maximum atomic E-state index is 12.6. The van der Waals surface area contributed by atoms with E-state index in [1.54, 1.807) is 25.3 Å². The molecule has 33 heavy (non-hydrogen) atoms. The lowest BCUT2D eigenvalue weighted by Gasteiger charge is -2.18. The fourth-order valence-electron chi connectivity index (χ4n) is 3.84. The van der Waals surface area contributed by atoms with Crippen LogP contribution < -0.4 is 10.5 Å². The van der Waals surface area contributed by atoms with Gasteiger partial charge in [0.2, 0.25) is 0 Å². The summed E-state index contributed by atoms with van der Waals surface area (Å²) in [6.45, 7) is 6.05. The number of hydrogen-bond donors (Lipinski definition) is 1. The Balaban J connectivity index is 2.19. The van der Waals surface area contributed by atoms with E-state index in [9.17, 15) is 4.79 Å². The molecule has 0 bridgehead atoms. The first-order valence-electron chi connectivity index (χ1n) is 10.3.